The van der Waals surface area contributed by atoms with Gasteiger partial charge in [0.1, 0.15) is 11.5 Å². The Balaban J connectivity index is 0.998. The molecule has 1 aromatic heterocycles. The van der Waals surface area contributed by atoms with E-state index in [0.717, 1.165) is 94.8 Å². The number of hydrogen-bond donors (Lipinski definition) is 0. The molecular formula is C61H39N3O. The molecule has 0 N–H and O–H groups in total. The highest BCUT2D eigenvalue weighted by molar-refractivity contribution is 6.07. The zero-order valence-corrected chi connectivity index (χ0v) is 35.3. The van der Waals surface area contributed by atoms with Crippen LogP contribution in [-0.4, -0.2) is 15.0 Å². The number of hydrogen-bond acceptors (Lipinski definition) is 4. The van der Waals surface area contributed by atoms with Crippen LogP contribution < -0.4 is 4.74 Å². The van der Waals surface area contributed by atoms with Crippen LogP contribution in [0.5, 0.6) is 11.5 Å². The van der Waals surface area contributed by atoms with E-state index in [2.05, 4.69) is 176 Å². The lowest BCUT2D eigenvalue weighted by Crippen LogP contribution is -2.00. The maximum Gasteiger partial charge on any atom is 0.164 e. The van der Waals surface area contributed by atoms with Crippen molar-refractivity contribution in [3.05, 3.63) is 237 Å². The molecule has 2 heterocycles. The zero-order chi connectivity index (χ0) is 43.1. The van der Waals surface area contributed by atoms with Crippen molar-refractivity contribution in [1.29, 1.82) is 0 Å². The lowest BCUT2D eigenvalue weighted by atomic mass is 9.83. The Bertz CT molecular complexity index is 3470. The van der Waals surface area contributed by atoms with E-state index in [9.17, 15) is 0 Å². The van der Waals surface area contributed by atoms with Gasteiger partial charge in [0.05, 0.1) is 0 Å². The van der Waals surface area contributed by atoms with E-state index in [0.29, 0.717) is 17.5 Å². The second kappa shape index (κ2) is 16.2. The molecule has 11 aromatic rings. The molecule has 4 nitrogen and oxygen atoms in total. The number of benzene rings is 10. The van der Waals surface area contributed by atoms with E-state index in [4.69, 9.17) is 19.7 Å². The highest BCUT2D eigenvalue weighted by Gasteiger charge is 2.26. The van der Waals surface area contributed by atoms with Crippen molar-refractivity contribution in [3.63, 3.8) is 0 Å². The summed E-state index contributed by atoms with van der Waals surface area (Å²) < 4.78 is 6.97. The van der Waals surface area contributed by atoms with Crippen LogP contribution in [0.2, 0.25) is 0 Å². The van der Waals surface area contributed by atoms with Crippen LogP contribution in [0.15, 0.2) is 237 Å². The SMILES string of the molecule is c1ccc(-c2cc(-c3ccc(-c4cccc(-c5nc(-c6ccccc6)nc(-c6ccccc6)n5)c4)cc3)c(-c3ccccc3)c(-c3cccc4c3Oc3cccc5cccc-4c35)c2)cc1. The molecule has 0 atom stereocenters. The van der Waals surface area contributed by atoms with E-state index in [-0.39, 0.29) is 0 Å². The van der Waals surface area contributed by atoms with E-state index in [1.165, 1.54) is 10.9 Å². The molecule has 65 heavy (non-hydrogen) atoms. The Morgan fingerprint density at radius 2 is 0.708 bits per heavy atom. The minimum atomic E-state index is 0.626. The predicted molar refractivity (Wildman–Crippen MR) is 266 cm³/mol. The Morgan fingerprint density at radius 1 is 0.262 bits per heavy atom. The molecule has 1 aliphatic rings. The second-order valence-corrected chi connectivity index (χ2v) is 16.3. The van der Waals surface area contributed by atoms with Gasteiger partial charge in [-0.1, -0.05) is 212 Å². The molecule has 0 bridgehead atoms. The fourth-order valence-corrected chi connectivity index (χ4v) is 9.21. The molecule has 0 saturated heterocycles. The van der Waals surface area contributed by atoms with Gasteiger partial charge >= 0.3 is 0 Å². The Kier molecular flexibility index (Phi) is 9.46. The van der Waals surface area contributed by atoms with Gasteiger partial charge in [-0.15, -0.1) is 0 Å². The fourth-order valence-electron chi connectivity index (χ4n) is 9.21. The van der Waals surface area contributed by atoms with Gasteiger partial charge in [0.25, 0.3) is 0 Å². The summed E-state index contributed by atoms with van der Waals surface area (Å²) in [6, 6.07) is 83.1. The van der Waals surface area contributed by atoms with Crippen LogP contribution in [0.4, 0.5) is 0 Å². The average molecular weight is 830 g/mol. The Morgan fingerprint density at radius 3 is 1.35 bits per heavy atom. The van der Waals surface area contributed by atoms with Crippen LogP contribution >= 0.6 is 0 Å². The summed E-state index contributed by atoms with van der Waals surface area (Å²) in [6.45, 7) is 0. The van der Waals surface area contributed by atoms with Gasteiger partial charge in [-0.2, -0.15) is 0 Å². The third-order valence-electron chi connectivity index (χ3n) is 12.3. The monoisotopic (exact) mass is 829 g/mol. The van der Waals surface area contributed by atoms with Gasteiger partial charge < -0.3 is 4.74 Å². The van der Waals surface area contributed by atoms with Gasteiger partial charge in [-0.25, -0.2) is 15.0 Å². The molecule has 0 fully saturated rings. The van der Waals surface area contributed by atoms with Gasteiger partial charge in [0.15, 0.2) is 17.5 Å². The Labute approximate surface area is 377 Å². The molecular weight excluding hydrogens is 791 g/mol. The lowest BCUT2D eigenvalue weighted by Gasteiger charge is -2.25. The summed E-state index contributed by atoms with van der Waals surface area (Å²) >= 11 is 0. The normalized spacial score (nSPS) is 11.5. The first kappa shape index (κ1) is 38.0. The topological polar surface area (TPSA) is 47.9 Å². The molecule has 0 unspecified atom stereocenters. The van der Waals surface area contributed by atoms with Crippen molar-refractivity contribution in [1.82, 2.24) is 15.0 Å². The van der Waals surface area contributed by atoms with Gasteiger partial charge in [-0.05, 0) is 85.3 Å². The first-order valence-electron chi connectivity index (χ1n) is 21.9. The van der Waals surface area contributed by atoms with Crippen LogP contribution in [-0.2, 0) is 0 Å². The van der Waals surface area contributed by atoms with Crippen molar-refractivity contribution in [2.24, 2.45) is 0 Å². The molecule has 12 rings (SSSR count). The van der Waals surface area contributed by atoms with E-state index in [1.54, 1.807) is 0 Å². The standard InChI is InChI=1S/C61H39N3O/c1-5-17-40(18-6-1)49-38-53(56(43-19-7-2-8-20-43)54(39-49)52-31-16-30-51-50-29-14-25-44-26-15-32-55(57(44)50)65-58(51)52)42-35-33-41(34-36-42)47-27-13-28-48(37-47)61-63-59(45-21-9-3-10-22-45)62-60(64-61)46-23-11-4-12-24-46/h1-39H. The lowest BCUT2D eigenvalue weighted by molar-refractivity contribution is 0.489. The molecule has 304 valence electrons. The van der Waals surface area contributed by atoms with Crippen molar-refractivity contribution < 1.29 is 4.74 Å². The maximum absolute atomic E-state index is 6.97. The smallest absolute Gasteiger partial charge is 0.164 e. The third-order valence-corrected chi connectivity index (χ3v) is 12.3. The predicted octanol–water partition coefficient (Wildman–Crippen LogP) is 16.1. The summed E-state index contributed by atoms with van der Waals surface area (Å²) in [7, 11) is 0. The summed E-state index contributed by atoms with van der Waals surface area (Å²) in [5.74, 6) is 3.65. The molecule has 0 aliphatic carbocycles. The van der Waals surface area contributed by atoms with Crippen LogP contribution in [0.1, 0.15) is 0 Å². The Hall–Kier alpha value is -8.73. The number of ether oxygens (including phenoxy) is 1. The molecule has 0 saturated carbocycles. The summed E-state index contributed by atoms with van der Waals surface area (Å²) in [5, 5.41) is 2.32. The highest BCUT2D eigenvalue weighted by Crippen LogP contribution is 2.53. The first-order chi connectivity index (χ1) is 32.2. The maximum atomic E-state index is 6.97. The van der Waals surface area contributed by atoms with Crippen LogP contribution in [0.25, 0.3) is 112 Å². The molecule has 0 radical (unpaired) electrons. The largest absolute Gasteiger partial charge is 0.455 e. The quantitative estimate of drug-likeness (QED) is 0.153. The summed E-state index contributed by atoms with van der Waals surface area (Å²) in [5.41, 5.74) is 16.2. The fraction of sp³-hybridized carbons (Fsp3) is 0. The third kappa shape index (κ3) is 7.04. The number of para-hydroxylation sites is 1. The van der Waals surface area contributed by atoms with Crippen LogP contribution in [0.3, 0.4) is 0 Å². The van der Waals surface area contributed by atoms with Crippen LogP contribution in [0, 0.1) is 0 Å². The molecule has 0 amide bonds. The molecule has 4 heteroatoms. The molecule has 0 spiro atoms. The summed E-state index contributed by atoms with van der Waals surface area (Å²) in [4.78, 5) is 14.9. The van der Waals surface area contributed by atoms with Crippen molar-refractivity contribution >= 4 is 10.8 Å². The average Bonchev–Trinajstić information content (AvgIpc) is 3.39. The minimum absolute atomic E-state index is 0.626. The van der Waals surface area contributed by atoms with E-state index in [1.807, 2.05) is 60.7 Å². The van der Waals surface area contributed by atoms with E-state index >= 15 is 0 Å². The second-order valence-electron chi connectivity index (χ2n) is 16.3. The van der Waals surface area contributed by atoms with Crippen molar-refractivity contribution in [2.75, 3.05) is 0 Å². The minimum Gasteiger partial charge on any atom is -0.455 e. The number of aromatic nitrogens is 3. The van der Waals surface area contributed by atoms with E-state index < -0.39 is 0 Å². The van der Waals surface area contributed by atoms with Gasteiger partial charge in [0, 0.05) is 33.2 Å². The summed E-state index contributed by atoms with van der Waals surface area (Å²) in [6.07, 6.45) is 0. The van der Waals surface area contributed by atoms with Crippen molar-refractivity contribution in [2.45, 2.75) is 0 Å². The van der Waals surface area contributed by atoms with Gasteiger partial charge in [-0.3, -0.25) is 0 Å². The first-order valence-corrected chi connectivity index (χ1v) is 21.9. The number of nitrogens with zero attached hydrogens (tertiary/aromatic N) is 3. The molecule has 1 aliphatic heterocycles. The molecule has 10 aromatic carbocycles. The highest BCUT2D eigenvalue weighted by atomic mass is 16.5. The zero-order valence-electron chi connectivity index (χ0n) is 35.3. The van der Waals surface area contributed by atoms with Crippen molar-refractivity contribution in [3.8, 4) is 112 Å². The number of fused-ring (bicyclic) bond motifs is 2. The van der Waals surface area contributed by atoms with Gasteiger partial charge in [0.2, 0.25) is 0 Å². The number of rotatable bonds is 8.